The Bertz CT molecular complexity index is 2510. The first kappa shape index (κ1) is 134. The lowest BCUT2D eigenvalue weighted by molar-refractivity contribution is 0.154. The van der Waals surface area contributed by atoms with Gasteiger partial charge in [0, 0.05) is 227 Å². The van der Waals surface area contributed by atoms with Gasteiger partial charge in [0.1, 0.15) is 0 Å². The van der Waals surface area contributed by atoms with Gasteiger partial charge < -0.3 is 117 Å². The van der Waals surface area contributed by atoms with Gasteiger partial charge in [0.2, 0.25) is 0 Å². The molecule has 0 amide bonds. The fraction of sp³-hybridized carbons (Fsp3) is 0.908. The third-order valence-corrected chi connectivity index (χ3v) is 28.8. The molecule has 3 aromatic heterocycles. The number of aromatic nitrogens is 5. The van der Waals surface area contributed by atoms with Crippen molar-refractivity contribution in [2.75, 3.05) is 475 Å². The van der Waals surface area contributed by atoms with Crippen molar-refractivity contribution in [1.82, 2.24) is 137 Å². The summed E-state index contributed by atoms with van der Waals surface area (Å²) < 4.78 is 10.6. The molecule has 17 saturated heterocycles. The monoisotopic (exact) mass is 1980 g/mol. The summed E-state index contributed by atoms with van der Waals surface area (Å²) in [6.45, 7) is 57.6. The zero-order chi connectivity index (χ0) is 103. The summed E-state index contributed by atoms with van der Waals surface area (Å²) in [5, 5.41) is 3.83. The Hall–Kier alpha value is -2.91. The summed E-state index contributed by atoms with van der Waals surface area (Å²) in [6.07, 6.45) is 48.5. The highest BCUT2D eigenvalue weighted by Gasteiger charge is 2.16. The number of likely N-dealkylation sites (N-methyl/N-ethyl adjacent to an activating group) is 14. The third-order valence-electron chi connectivity index (χ3n) is 27.7. The van der Waals surface area contributed by atoms with E-state index in [4.69, 9.17) is 4.74 Å². The number of nitrogens with zero attached hydrogens (tertiary/aromatic N) is 28. The quantitative estimate of drug-likeness (QED) is 0.198. The van der Waals surface area contributed by atoms with Crippen LogP contribution in [-0.2, 0) is 25.9 Å². The van der Waals surface area contributed by atoms with Crippen molar-refractivity contribution < 1.29 is 4.74 Å². The smallest absolute Gasteiger partial charge is 0.0989 e. The number of piperazine rings is 4. The van der Waals surface area contributed by atoms with E-state index >= 15 is 0 Å². The second-order valence-corrected chi connectivity index (χ2v) is 44.3. The van der Waals surface area contributed by atoms with Crippen LogP contribution in [0.5, 0.6) is 0 Å². The summed E-state index contributed by atoms with van der Waals surface area (Å²) in [7, 11) is 55.8. The van der Waals surface area contributed by atoms with E-state index in [-0.39, 0.29) is 0 Å². The van der Waals surface area contributed by atoms with Crippen molar-refractivity contribution in [3.8, 4) is 0 Å². The largest absolute Gasteiger partial charge is 0.365 e. The molecule has 139 heavy (non-hydrogen) atoms. The number of likely N-dealkylation sites (tertiary alicyclic amines) is 8. The van der Waals surface area contributed by atoms with Crippen LogP contribution in [0.25, 0.3) is 0 Å². The van der Waals surface area contributed by atoms with Gasteiger partial charge in [0.25, 0.3) is 0 Å². The molecule has 17 aliphatic heterocycles. The third kappa shape index (κ3) is 93.4. The standard InChI is InChI=1S/2C7H16N2.2C7H15N.4C6H14N2.4C6H13N.C5H11N.C5H7N.2C4H6N2.C4H9NO.C4H9NS.C4H9N.C3H7N/c2*1-8-4-3-5-9(2)7-6-8;2*1-8-6-4-2-3-5-7-8;4*1-7-3-5-8(2)6-4-7;4*1-7-5-3-2-4-6-7;2*1-6-4-2-3-5-6;1-6-3-2-5-4-6;1-6-4-2-3-5-6;2*1-5-2-3-6-4-5;1-5-3-2-4-5;1-4-2-3-4/h2*3-7H2,1-2H3;2*2-7H2,1H3;4*3-6H2,1-2H3;4*2-6H2,1H3;2-5H2,1H3;2-5H,1H3;2*2-4H,1H3;2*2-4H2,1H3;2-4H2,1H3;2-3H2,1H3. The molecule has 17 aliphatic rings. The van der Waals surface area contributed by atoms with Crippen molar-refractivity contribution in [1.29, 1.82) is 0 Å². The van der Waals surface area contributed by atoms with Crippen LogP contribution in [0, 0.1) is 0 Å². The van der Waals surface area contributed by atoms with E-state index in [9.17, 15) is 0 Å². The molecule has 3 aromatic rings. The molecule has 30 heteroatoms. The minimum Gasteiger partial charge on any atom is -0.365 e. The van der Waals surface area contributed by atoms with Gasteiger partial charge in [-0.2, -0.15) is 5.10 Å². The zero-order valence-electron chi connectivity index (χ0n) is 96.7. The Morgan fingerprint density at radius 1 is 0.180 bits per heavy atom. The van der Waals surface area contributed by atoms with Gasteiger partial charge in [-0.25, -0.2) is 4.98 Å². The highest BCUT2D eigenvalue weighted by atomic mass is 32.2. The fourth-order valence-corrected chi connectivity index (χ4v) is 17.2. The van der Waals surface area contributed by atoms with E-state index in [0.29, 0.717) is 0 Å². The maximum atomic E-state index is 4.98. The Morgan fingerprint density at radius 2 is 0.388 bits per heavy atom. The number of imidazole rings is 1. The first-order valence-electron chi connectivity index (χ1n) is 55.6. The molecule has 0 aromatic carbocycles. The SMILES string of the molecule is CN1CC1.CN1CCC1.CN1CCCC1.CN1CCCCC1.CN1CCCCC1.CN1CCCCC1.CN1CCCCC1.CN1CCCCCC1.CN1CCCCCC1.CN1CCCN(C)CC1.CN1CCCN(C)CC1.CN1CCN(C)CC1.CN1CCN(C)CC1.CN1CCN(C)CC1.CN1CCN(C)CC1.CN1CCOC1.CN1CCSC1.Cn1cccc1.Cn1cccn1.Cn1ccnc1. The lowest BCUT2D eigenvalue weighted by Crippen LogP contribution is -2.42. The summed E-state index contributed by atoms with van der Waals surface area (Å²) in [4.78, 5) is 58.0. The summed E-state index contributed by atoms with van der Waals surface area (Å²) in [5.74, 6) is 2.57. The second-order valence-electron chi connectivity index (χ2n) is 43.2. The first-order chi connectivity index (χ1) is 66.7. The van der Waals surface area contributed by atoms with Crippen LogP contribution < -0.4 is 0 Å². The van der Waals surface area contributed by atoms with Crippen LogP contribution in [0.1, 0.15) is 161 Å². The molecule has 0 aliphatic carbocycles. The predicted octanol–water partition coefficient (Wildman–Crippen LogP) is 10.7. The van der Waals surface area contributed by atoms with Gasteiger partial charge in [-0.1, -0.05) is 51.4 Å². The Kier molecular flexibility index (Phi) is 89.2. The van der Waals surface area contributed by atoms with Crippen LogP contribution in [0.3, 0.4) is 0 Å². The minimum absolute atomic E-state index is 0.819. The van der Waals surface area contributed by atoms with E-state index in [0.717, 1.165) is 19.9 Å². The molecule has 0 bridgehead atoms. The highest BCUT2D eigenvalue weighted by molar-refractivity contribution is 7.99. The van der Waals surface area contributed by atoms with Gasteiger partial charge >= 0.3 is 0 Å². The maximum absolute atomic E-state index is 4.98. The topological polar surface area (TPSA) is 124 Å². The lowest BCUT2D eigenvalue weighted by atomic mass is 10.1. The second kappa shape index (κ2) is 92.4. The molecule has 0 N–H and O–H groups in total. The van der Waals surface area contributed by atoms with E-state index in [1.54, 1.807) is 23.4 Å². The number of rotatable bonds is 0. The van der Waals surface area contributed by atoms with Crippen molar-refractivity contribution in [2.24, 2.45) is 21.1 Å². The lowest BCUT2D eigenvalue weighted by Gasteiger charge is -2.28. The molecular weight excluding hydrogens is 1750 g/mol. The Balaban J connectivity index is 0.000000733. The van der Waals surface area contributed by atoms with Crippen molar-refractivity contribution in [2.45, 2.75) is 161 Å². The van der Waals surface area contributed by atoms with Crippen LogP contribution in [0.15, 0.2) is 61.7 Å². The number of aryl methyl sites for hydroxylation is 3. The maximum Gasteiger partial charge on any atom is 0.0989 e. The number of ether oxygens (including phenoxy) is 1. The molecular formula is C109H234N28OS. The minimum atomic E-state index is 0.819. The van der Waals surface area contributed by atoms with Crippen molar-refractivity contribution in [3.05, 3.63) is 61.7 Å². The molecule has 0 radical (unpaired) electrons. The van der Waals surface area contributed by atoms with Gasteiger partial charge in [-0.15, -0.1) is 11.8 Å². The van der Waals surface area contributed by atoms with E-state index in [1.165, 1.54) is 454 Å². The molecule has 822 valence electrons. The molecule has 29 nitrogen and oxygen atoms in total. The number of thioether (sulfide) groups is 1. The predicted molar refractivity (Wildman–Crippen MR) is 608 cm³/mol. The van der Waals surface area contributed by atoms with Crippen LogP contribution in [-0.4, -0.2) is 612 Å². The Morgan fingerprint density at radius 3 is 0.496 bits per heavy atom. The molecule has 20 heterocycles. The highest BCUT2D eigenvalue weighted by Crippen LogP contribution is 2.13. The van der Waals surface area contributed by atoms with Crippen LogP contribution >= 0.6 is 11.8 Å². The molecule has 0 saturated carbocycles. The Labute approximate surface area is 866 Å². The fourth-order valence-electron chi connectivity index (χ4n) is 16.2. The number of hydrogen-bond acceptors (Lipinski definition) is 27. The van der Waals surface area contributed by atoms with Crippen LogP contribution in [0.2, 0.25) is 0 Å². The van der Waals surface area contributed by atoms with Crippen molar-refractivity contribution in [3.63, 3.8) is 0 Å². The van der Waals surface area contributed by atoms with E-state index in [1.807, 2.05) is 92.1 Å². The zero-order valence-corrected chi connectivity index (χ0v) is 97.5. The molecule has 17 fully saturated rings. The molecule has 0 spiro atoms. The summed E-state index contributed by atoms with van der Waals surface area (Å²) >= 11 is 2.01. The number of hydrogen-bond donors (Lipinski definition) is 0. The average Bonchev–Trinajstić information content (AvgIpc) is 1.93. The van der Waals surface area contributed by atoms with Gasteiger partial charge in [-0.05, 0) is 420 Å². The molecule has 0 atom stereocenters. The normalized spacial score (nSPS) is 23.5. The average molecular weight is 1990 g/mol. The van der Waals surface area contributed by atoms with Crippen molar-refractivity contribution >= 4 is 11.8 Å². The van der Waals surface area contributed by atoms with Gasteiger partial charge in [-0.3, -0.25) is 14.5 Å². The van der Waals surface area contributed by atoms with Gasteiger partial charge in [0.15, 0.2) is 0 Å². The number of piperidine rings is 4. The molecule has 0 unspecified atom stereocenters. The first-order valence-corrected chi connectivity index (χ1v) is 56.7. The summed E-state index contributed by atoms with van der Waals surface area (Å²) in [5.41, 5.74) is 0. The van der Waals surface area contributed by atoms with Crippen LogP contribution in [0.4, 0.5) is 0 Å². The van der Waals surface area contributed by atoms with Gasteiger partial charge in [0.05, 0.1) is 19.7 Å². The van der Waals surface area contributed by atoms with E-state index in [2.05, 4.69) is 278 Å². The van der Waals surface area contributed by atoms with E-state index < -0.39 is 0 Å². The molecule has 20 rings (SSSR count). The summed E-state index contributed by atoms with van der Waals surface area (Å²) in [6, 6.07) is 5.89.